The van der Waals surface area contributed by atoms with Gasteiger partial charge in [-0.25, -0.2) is 8.78 Å². The van der Waals surface area contributed by atoms with Gasteiger partial charge in [0.2, 0.25) is 0 Å². The highest BCUT2D eigenvalue weighted by atomic mass is 19.2. The van der Waals surface area contributed by atoms with Crippen molar-refractivity contribution >= 4 is 16.5 Å². The third-order valence-corrected chi connectivity index (χ3v) is 3.90. The average molecular weight is 277 g/mol. The molecule has 1 unspecified atom stereocenters. The summed E-state index contributed by atoms with van der Waals surface area (Å²) >= 11 is 0. The van der Waals surface area contributed by atoms with E-state index >= 15 is 0 Å². The van der Waals surface area contributed by atoms with E-state index < -0.39 is 11.6 Å². The molecule has 0 saturated carbocycles. The van der Waals surface area contributed by atoms with E-state index in [0.29, 0.717) is 11.1 Å². The maximum Gasteiger partial charge on any atom is 0.166 e. The van der Waals surface area contributed by atoms with Crippen molar-refractivity contribution in [3.05, 3.63) is 41.5 Å². The minimum Gasteiger partial charge on any atom is -0.398 e. The maximum atomic E-state index is 13.9. The molecule has 0 aromatic heterocycles. The second-order valence-corrected chi connectivity index (χ2v) is 5.42. The summed E-state index contributed by atoms with van der Waals surface area (Å²) < 4.78 is 27.2. The lowest BCUT2D eigenvalue weighted by Crippen LogP contribution is -2.02. The van der Waals surface area contributed by atoms with Gasteiger partial charge >= 0.3 is 0 Å². The van der Waals surface area contributed by atoms with Crippen LogP contribution in [-0.2, 0) is 0 Å². The molecule has 0 aliphatic carbocycles. The fourth-order valence-corrected chi connectivity index (χ4v) is 2.78. The van der Waals surface area contributed by atoms with Crippen LogP contribution in [0.2, 0.25) is 0 Å². The van der Waals surface area contributed by atoms with Crippen LogP contribution in [0.5, 0.6) is 0 Å². The Morgan fingerprint density at radius 1 is 1.05 bits per heavy atom. The molecule has 3 heteroatoms. The van der Waals surface area contributed by atoms with Crippen LogP contribution in [0.1, 0.15) is 51.0 Å². The predicted octanol–water partition coefficient (Wildman–Crippen LogP) is 5.38. The van der Waals surface area contributed by atoms with E-state index in [0.717, 1.165) is 30.2 Å². The number of unbranched alkanes of at least 4 members (excludes halogenated alkanes) is 2. The molecule has 0 spiro atoms. The van der Waals surface area contributed by atoms with E-state index in [9.17, 15) is 8.78 Å². The van der Waals surface area contributed by atoms with Gasteiger partial charge in [0, 0.05) is 11.1 Å². The minimum atomic E-state index is -0.813. The molecule has 1 nitrogen and oxygen atoms in total. The first-order chi connectivity index (χ1) is 9.56. The summed E-state index contributed by atoms with van der Waals surface area (Å²) in [5, 5.41) is 1.05. The van der Waals surface area contributed by atoms with Gasteiger partial charge in [0.1, 0.15) is 0 Å². The quantitative estimate of drug-likeness (QED) is 0.576. The number of fused-ring (bicyclic) bond motifs is 1. The lowest BCUT2D eigenvalue weighted by atomic mass is 9.89. The normalized spacial score (nSPS) is 12.8. The summed E-state index contributed by atoms with van der Waals surface area (Å²) in [4.78, 5) is 0. The molecule has 2 aromatic rings. The van der Waals surface area contributed by atoms with Crippen LogP contribution in [0, 0.1) is 11.6 Å². The number of halogens is 2. The van der Waals surface area contributed by atoms with Crippen LogP contribution in [0.3, 0.4) is 0 Å². The van der Waals surface area contributed by atoms with E-state index in [4.69, 9.17) is 5.73 Å². The molecule has 2 aromatic carbocycles. The topological polar surface area (TPSA) is 26.0 Å². The molecule has 2 rings (SSSR count). The van der Waals surface area contributed by atoms with Crippen LogP contribution in [0.4, 0.5) is 14.5 Å². The lowest BCUT2D eigenvalue weighted by molar-refractivity contribution is 0.517. The smallest absolute Gasteiger partial charge is 0.166 e. The Morgan fingerprint density at radius 3 is 2.45 bits per heavy atom. The molecular formula is C17H21F2N. The van der Waals surface area contributed by atoms with E-state index in [1.54, 1.807) is 18.2 Å². The van der Waals surface area contributed by atoms with Crippen LogP contribution >= 0.6 is 0 Å². The van der Waals surface area contributed by atoms with Crippen LogP contribution in [0.15, 0.2) is 24.3 Å². The highest BCUT2D eigenvalue weighted by Gasteiger charge is 2.16. The molecule has 108 valence electrons. The first kappa shape index (κ1) is 14.8. The number of anilines is 1. The minimum absolute atomic E-state index is 0.245. The second kappa shape index (κ2) is 6.21. The molecule has 0 saturated heterocycles. The second-order valence-electron chi connectivity index (χ2n) is 5.42. The monoisotopic (exact) mass is 277 g/mol. The van der Waals surface area contributed by atoms with Gasteiger partial charge in [-0.05, 0) is 41.5 Å². The summed E-state index contributed by atoms with van der Waals surface area (Å²) in [6.45, 7) is 4.26. The molecule has 0 fully saturated rings. The number of hydrogen-bond acceptors (Lipinski definition) is 1. The van der Waals surface area contributed by atoms with Crippen molar-refractivity contribution in [2.24, 2.45) is 0 Å². The number of hydrogen-bond donors (Lipinski definition) is 1. The zero-order chi connectivity index (χ0) is 14.7. The Bertz CT molecular complexity index is 607. The molecule has 0 aliphatic rings. The lowest BCUT2D eigenvalue weighted by Gasteiger charge is -2.17. The van der Waals surface area contributed by atoms with Gasteiger partial charge in [-0.3, -0.25) is 0 Å². The Balaban J connectivity index is 2.46. The van der Waals surface area contributed by atoms with Crippen molar-refractivity contribution < 1.29 is 8.78 Å². The van der Waals surface area contributed by atoms with E-state index in [1.807, 2.05) is 0 Å². The van der Waals surface area contributed by atoms with Crippen LogP contribution in [-0.4, -0.2) is 0 Å². The largest absolute Gasteiger partial charge is 0.398 e. The summed E-state index contributed by atoms with van der Waals surface area (Å²) in [6, 6.07) is 6.05. The third kappa shape index (κ3) is 2.77. The number of rotatable bonds is 5. The molecular weight excluding hydrogens is 256 g/mol. The van der Waals surface area contributed by atoms with E-state index in [2.05, 4.69) is 13.8 Å². The molecule has 0 amide bonds. The van der Waals surface area contributed by atoms with Crippen molar-refractivity contribution in [1.82, 2.24) is 0 Å². The SMILES string of the molecule is CCCCCC(C)c1c(N)ccc2c(F)c(F)ccc12. The Hall–Kier alpha value is -1.64. The average Bonchev–Trinajstić information content (AvgIpc) is 2.43. The predicted molar refractivity (Wildman–Crippen MR) is 80.8 cm³/mol. The van der Waals surface area contributed by atoms with Gasteiger partial charge < -0.3 is 5.73 Å². The number of benzene rings is 2. The van der Waals surface area contributed by atoms with Gasteiger partial charge in [0.15, 0.2) is 11.6 Å². The summed E-state index contributed by atoms with van der Waals surface area (Å²) in [5.41, 5.74) is 7.67. The molecule has 20 heavy (non-hydrogen) atoms. The molecule has 1 atom stereocenters. The first-order valence-electron chi connectivity index (χ1n) is 7.22. The molecule has 0 heterocycles. The Labute approximate surface area is 118 Å². The van der Waals surface area contributed by atoms with E-state index in [-0.39, 0.29) is 5.92 Å². The highest BCUT2D eigenvalue weighted by Crippen LogP contribution is 2.35. The zero-order valence-corrected chi connectivity index (χ0v) is 12.0. The fourth-order valence-electron chi connectivity index (χ4n) is 2.78. The van der Waals surface area contributed by atoms with Gasteiger partial charge in [0.05, 0.1) is 0 Å². The van der Waals surface area contributed by atoms with Crippen molar-refractivity contribution in [3.63, 3.8) is 0 Å². The molecule has 0 bridgehead atoms. The van der Waals surface area contributed by atoms with Gasteiger partial charge in [-0.1, -0.05) is 39.2 Å². The van der Waals surface area contributed by atoms with Gasteiger partial charge in [-0.2, -0.15) is 0 Å². The van der Waals surface area contributed by atoms with Crippen molar-refractivity contribution in [1.29, 1.82) is 0 Å². The number of nitrogen functional groups attached to an aromatic ring is 1. The highest BCUT2D eigenvalue weighted by molar-refractivity contribution is 5.90. The van der Waals surface area contributed by atoms with Crippen molar-refractivity contribution in [2.45, 2.75) is 45.4 Å². The first-order valence-corrected chi connectivity index (χ1v) is 7.22. The molecule has 2 N–H and O–H groups in total. The third-order valence-electron chi connectivity index (χ3n) is 3.90. The maximum absolute atomic E-state index is 13.9. The van der Waals surface area contributed by atoms with Crippen molar-refractivity contribution in [2.75, 3.05) is 5.73 Å². The van der Waals surface area contributed by atoms with Gasteiger partial charge in [0.25, 0.3) is 0 Å². The van der Waals surface area contributed by atoms with Gasteiger partial charge in [-0.15, -0.1) is 0 Å². The Morgan fingerprint density at radius 2 is 1.75 bits per heavy atom. The standard InChI is InChI=1S/C17H21F2N/c1-3-4-5-6-11(2)16-12-7-9-14(18)17(19)13(12)8-10-15(16)20/h7-11H,3-6,20H2,1-2H3. The summed E-state index contributed by atoms with van der Waals surface area (Å²) in [6.07, 6.45) is 4.48. The summed E-state index contributed by atoms with van der Waals surface area (Å²) in [5.74, 6) is -1.36. The van der Waals surface area contributed by atoms with Crippen LogP contribution in [0.25, 0.3) is 10.8 Å². The fraction of sp³-hybridized carbons (Fsp3) is 0.412. The zero-order valence-electron chi connectivity index (χ0n) is 12.0. The molecule has 0 radical (unpaired) electrons. The summed E-state index contributed by atoms with van der Waals surface area (Å²) in [7, 11) is 0. The van der Waals surface area contributed by atoms with Crippen LogP contribution < -0.4 is 5.73 Å². The molecule has 0 aliphatic heterocycles. The van der Waals surface area contributed by atoms with E-state index in [1.165, 1.54) is 12.5 Å². The number of nitrogens with two attached hydrogens (primary N) is 1. The Kier molecular flexibility index (Phi) is 4.58. The van der Waals surface area contributed by atoms with Crippen molar-refractivity contribution in [3.8, 4) is 0 Å².